The van der Waals surface area contributed by atoms with Crippen LogP contribution in [-0.4, -0.2) is 10.9 Å². The second-order valence-corrected chi connectivity index (χ2v) is 4.46. The summed E-state index contributed by atoms with van der Waals surface area (Å²) in [6, 6.07) is 3.58. The van der Waals surface area contributed by atoms with Crippen LogP contribution in [0.4, 0.5) is 0 Å². The molecule has 0 aliphatic carbocycles. The molecule has 0 saturated carbocycles. The number of hydrogen-bond acceptors (Lipinski definition) is 2. The van der Waals surface area contributed by atoms with Crippen LogP contribution >= 0.6 is 15.9 Å². The molecule has 0 amide bonds. The first kappa shape index (κ1) is 11.2. The van der Waals surface area contributed by atoms with E-state index in [4.69, 9.17) is 0 Å². The van der Waals surface area contributed by atoms with Gasteiger partial charge in [0, 0.05) is 0 Å². The third-order valence-electron chi connectivity index (χ3n) is 2.13. The number of hydrogen-bond donors (Lipinski definition) is 1. The zero-order valence-electron chi connectivity index (χ0n) is 8.47. The number of carbonyl (C=O) groups is 1. The average Bonchev–Trinajstić information content (AvgIpc) is 2.08. The van der Waals surface area contributed by atoms with Crippen LogP contribution in [0.3, 0.4) is 0 Å². The highest BCUT2D eigenvalue weighted by Crippen LogP contribution is 2.32. The van der Waals surface area contributed by atoms with E-state index in [1.807, 2.05) is 19.9 Å². The maximum Gasteiger partial charge on any atom is 0.163 e. The van der Waals surface area contributed by atoms with Gasteiger partial charge in [0.2, 0.25) is 0 Å². The third-order valence-corrected chi connectivity index (χ3v) is 2.74. The number of carbonyl (C=O) groups excluding carboxylic acids is 1. The number of benzene rings is 1. The molecule has 0 heterocycles. The summed E-state index contributed by atoms with van der Waals surface area (Å²) in [5.74, 6) is 0.248. The average molecular weight is 257 g/mol. The van der Waals surface area contributed by atoms with Crippen molar-refractivity contribution in [2.75, 3.05) is 0 Å². The molecule has 0 aliphatic heterocycles. The minimum absolute atomic E-state index is 0.0295. The van der Waals surface area contributed by atoms with E-state index in [2.05, 4.69) is 15.9 Å². The van der Waals surface area contributed by atoms with Gasteiger partial charge in [0.25, 0.3) is 0 Å². The van der Waals surface area contributed by atoms with Crippen molar-refractivity contribution in [3.8, 4) is 5.75 Å². The van der Waals surface area contributed by atoms with Gasteiger partial charge in [-0.25, -0.2) is 0 Å². The van der Waals surface area contributed by atoms with Crippen molar-refractivity contribution in [2.45, 2.75) is 26.7 Å². The molecule has 1 N–H and O–H groups in total. The van der Waals surface area contributed by atoms with E-state index in [9.17, 15) is 9.90 Å². The van der Waals surface area contributed by atoms with Gasteiger partial charge >= 0.3 is 0 Å². The maximum absolute atomic E-state index is 11.2. The second-order valence-electron chi connectivity index (χ2n) is 3.61. The van der Waals surface area contributed by atoms with Crippen LogP contribution in [0.5, 0.6) is 5.75 Å². The summed E-state index contributed by atoms with van der Waals surface area (Å²) in [4.78, 5) is 11.2. The van der Waals surface area contributed by atoms with Crippen LogP contribution in [0.15, 0.2) is 16.6 Å². The molecule has 14 heavy (non-hydrogen) atoms. The van der Waals surface area contributed by atoms with Gasteiger partial charge in [-0.1, -0.05) is 13.8 Å². The number of ketones is 1. The highest BCUT2D eigenvalue weighted by molar-refractivity contribution is 9.10. The lowest BCUT2D eigenvalue weighted by Crippen LogP contribution is -1.97. The largest absolute Gasteiger partial charge is 0.506 e. The van der Waals surface area contributed by atoms with Crippen LogP contribution in [0.2, 0.25) is 0 Å². The van der Waals surface area contributed by atoms with Gasteiger partial charge in [-0.15, -0.1) is 0 Å². The monoisotopic (exact) mass is 256 g/mol. The van der Waals surface area contributed by atoms with E-state index in [0.29, 0.717) is 16.0 Å². The molecule has 0 spiro atoms. The molecular weight excluding hydrogens is 244 g/mol. The summed E-state index contributed by atoms with van der Waals surface area (Å²) in [7, 11) is 0. The molecule has 3 heteroatoms. The molecule has 0 fully saturated rings. The van der Waals surface area contributed by atoms with Crippen molar-refractivity contribution in [1.29, 1.82) is 0 Å². The molecule has 0 saturated heterocycles. The van der Waals surface area contributed by atoms with Crippen molar-refractivity contribution in [2.24, 2.45) is 0 Å². The fourth-order valence-electron chi connectivity index (χ4n) is 1.22. The Morgan fingerprint density at radius 3 is 2.43 bits per heavy atom. The molecule has 0 unspecified atom stereocenters. The summed E-state index contributed by atoms with van der Waals surface area (Å²) in [5.41, 5.74) is 1.42. The SMILES string of the molecule is CC(=O)c1cc(C(C)C)cc(Br)c1O. The number of halogens is 1. The molecule has 0 aliphatic rings. The van der Waals surface area contributed by atoms with Crippen LogP contribution in [0.25, 0.3) is 0 Å². The molecule has 1 aromatic rings. The van der Waals surface area contributed by atoms with Gasteiger partial charge in [0.1, 0.15) is 5.75 Å². The number of phenols is 1. The van der Waals surface area contributed by atoms with Crippen LogP contribution < -0.4 is 0 Å². The Balaban J connectivity index is 3.35. The Morgan fingerprint density at radius 2 is 2.00 bits per heavy atom. The Labute approximate surface area is 92.1 Å². The van der Waals surface area contributed by atoms with Crippen molar-refractivity contribution in [3.05, 3.63) is 27.7 Å². The number of Topliss-reactive ketones (excluding diaryl/α,β-unsaturated/α-hetero) is 1. The standard InChI is InChI=1S/C11H13BrO2/c1-6(2)8-4-9(7(3)13)11(14)10(12)5-8/h4-6,14H,1-3H3. The predicted octanol–water partition coefficient (Wildman–Crippen LogP) is 3.48. The molecular formula is C11H13BrO2. The summed E-state index contributed by atoms with van der Waals surface area (Å²) >= 11 is 3.23. The van der Waals surface area contributed by atoms with Crippen LogP contribution in [0, 0.1) is 0 Å². The van der Waals surface area contributed by atoms with Gasteiger partial charge in [0.05, 0.1) is 10.0 Å². The summed E-state index contributed by atoms with van der Waals surface area (Å²) < 4.78 is 0.578. The molecule has 2 nitrogen and oxygen atoms in total. The zero-order valence-corrected chi connectivity index (χ0v) is 10.1. The Morgan fingerprint density at radius 1 is 1.43 bits per heavy atom. The van der Waals surface area contributed by atoms with Gasteiger partial charge in [-0.05, 0) is 46.5 Å². The normalized spacial score (nSPS) is 10.6. The summed E-state index contributed by atoms with van der Waals surface area (Å²) in [5, 5.41) is 9.61. The zero-order chi connectivity index (χ0) is 10.9. The quantitative estimate of drug-likeness (QED) is 0.823. The molecule has 0 aromatic heterocycles. The van der Waals surface area contributed by atoms with E-state index in [-0.39, 0.29) is 11.5 Å². The molecule has 1 rings (SSSR count). The van der Waals surface area contributed by atoms with E-state index in [1.165, 1.54) is 6.92 Å². The Bertz CT molecular complexity index is 370. The fraction of sp³-hybridized carbons (Fsp3) is 0.364. The number of phenolic OH excluding ortho intramolecular Hbond substituents is 1. The Kier molecular flexibility index (Phi) is 3.32. The predicted molar refractivity (Wildman–Crippen MR) is 59.9 cm³/mol. The van der Waals surface area contributed by atoms with Crippen LogP contribution in [-0.2, 0) is 0 Å². The van der Waals surface area contributed by atoms with Crippen molar-refractivity contribution in [1.82, 2.24) is 0 Å². The van der Waals surface area contributed by atoms with E-state index in [1.54, 1.807) is 6.07 Å². The Hall–Kier alpha value is -0.830. The van der Waals surface area contributed by atoms with Gasteiger partial charge in [-0.3, -0.25) is 4.79 Å². The minimum atomic E-state index is -0.120. The van der Waals surface area contributed by atoms with Crippen molar-refractivity contribution < 1.29 is 9.90 Å². The molecule has 0 atom stereocenters. The lowest BCUT2D eigenvalue weighted by Gasteiger charge is -2.10. The first-order valence-corrected chi connectivity index (χ1v) is 5.26. The first-order chi connectivity index (χ1) is 6.43. The lowest BCUT2D eigenvalue weighted by molar-refractivity contribution is 0.101. The van der Waals surface area contributed by atoms with Crippen molar-refractivity contribution >= 4 is 21.7 Å². The van der Waals surface area contributed by atoms with Crippen LogP contribution in [0.1, 0.15) is 42.6 Å². The highest BCUT2D eigenvalue weighted by Gasteiger charge is 2.12. The molecule has 0 bridgehead atoms. The summed E-state index contributed by atoms with van der Waals surface area (Å²) in [6.07, 6.45) is 0. The van der Waals surface area contributed by atoms with E-state index >= 15 is 0 Å². The summed E-state index contributed by atoms with van der Waals surface area (Å²) in [6.45, 7) is 5.54. The van der Waals surface area contributed by atoms with Gasteiger partial charge in [-0.2, -0.15) is 0 Å². The minimum Gasteiger partial charge on any atom is -0.506 e. The molecule has 1 aromatic carbocycles. The topological polar surface area (TPSA) is 37.3 Å². The van der Waals surface area contributed by atoms with E-state index < -0.39 is 0 Å². The first-order valence-electron chi connectivity index (χ1n) is 4.46. The lowest BCUT2D eigenvalue weighted by atomic mass is 9.99. The molecule has 76 valence electrons. The number of rotatable bonds is 2. The maximum atomic E-state index is 11.2. The fourth-order valence-corrected chi connectivity index (χ4v) is 1.70. The van der Waals surface area contributed by atoms with E-state index in [0.717, 1.165) is 5.56 Å². The molecule has 0 radical (unpaired) electrons. The van der Waals surface area contributed by atoms with Gasteiger partial charge < -0.3 is 5.11 Å². The highest BCUT2D eigenvalue weighted by atomic mass is 79.9. The third kappa shape index (κ3) is 2.15. The smallest absolute Gasteiger partial charge is 0.163 e. The second kappa shape index (κ2) is 4.13. The van der Waals surface area contributed by atoms with Crippen molar-refractivity contribution in [3.63, 3.8) is 0 Å². The number of aromatic hydroxyl groups is 1. The van der Waals surface area contributed by atoms with Gasteiger partial charge in [0.15, 0.2) is 5.78 Å².